The number of thiazole rings is 1. The first-order valence-electron chi connectivity index (χ1n) is 10.2. The van der Waals surface area contributed by atoms with Crippen molar-refractivity contribution in [2.45, 2.75) is 25.9 Å². The van der Waals surface area contributed by atoms with E-state index in [-0.39, 0.29) is 18.2 Å². The summed E-state index contributed by atoms with van der Waals surface area (Å²) < 4.78 is 0. The highest BCUT2D eigenvalue weighted by molar-refractivity contribution is 7.15. The lowest BCUT2D eigenvalue weighted by Crippen LogP contribution is -3.10. The fourth-order valence-corrected chi connectivity index (χ4v) is 4.68. The van der Waals surface area contributed by atoms with Crippen LogP contribution in [0.25, 0.3) is 0 Å². The second-order valence-corrected chi connectivity index (χ2v) is 8.48. The van der Waals surface area contributed by atoms with E-state index >= 15 is 0 Å². The molecule has 0 saturated carbocycles. The number of carbonyl (C=O) groups is 2. The molecule has 0 bridgehead atoms. The molecule has 1 aromatic heterocycles. The van der Waals surface area contributed by atoms with Crippen molar-refractivity contribution in [3.8, 4) is 0 Å². The van der Waals surface area contributed by atoms with Crippen LogP contribution in [0.1, 0.15) is 32.9 Å². The van der Waals surface area contributed by atoms with E-state index in [9.17, 15) is 9.59 Å². The lowest BCUT2D eigenvalue weighted by atomic mass is 10.1. The number of carbonyl (C=O) groups excluding carboxylic acids is 2. The monoisotopic (exact) mass is 421 g/mol. The zero-order chi connectivity index (χ0) is 20.8. The molecule has 2 amide bonds. The molecule has 3 N–H and O–H groups in total. The predicted molar refractivity (Wildman–Crippen MR) is 118 cm³/mol. The maximum absolute atomic E-state index is 12.2. The number of hydrogen-bond donors (Lipinski definition) is 3. The van der Waals surface area contributed by atoms with Crippen LogP contribution in [0.3, 0.4) is 0 Å². The van der Waals surface area contributed by atoms with E-state index in [0.29, 0.717) is 17.2 Å². The molecular formula is C23H25N4O2S+. The van der Waals surface area contributed by atoms with Crippen molar-refractivity contribution in [3.63, 3.8) is 0 Å². The summed E-state index contributed by atoms with van der Waals surface area (Å²) in [6.07, 6.45) is 1.14. The van der Waals surface area contributed by atoms with Gasteiger partial charge in [-0.1, -0.05) is 59.9 Å². The van der Waals surface area contributed by atoms with Gasteiger partial charge in [-0.05, 0) is 12.1 Å². The van der Waals surface area contributed by atoms with Crippen LogP contribution in [0.2, 0.25) is 0 Å². The van der Waals surface area contributed by atoms with Crippen LogP contribution >= 0.6 is 11.3 Å². The Morgan fingerprint density at radius 1 is 1.03 bits per heavy atom. The molecule has 30 heavy (non-hydrogen) atoms. The number of quaternary nitrogens is 1. The van der Waals surface area contributed by atoms with E-state index in [1.807, 2.05) is 24.3 Å². The molecule has 0 saturated heterocycles. The summed E-state index contributed by atoms with van der Waals surface area (Å²) in [7, 11) is 0. The number of benzene rings is 2. The first-order chi connectivity index (χ1) is 14.7. The van der Waals surface area contributed by atoms with Crippen LogP contribution in [-0.4, -0.2) is 29.9 Å². The fraction of sp³-hybridized carbons (Fsp3) is 0.261. The summed E-state index contributed by atoms with van der Waals surface area (Å²) in [5.41, 5.74) is 3.03. The van der Waals surface area contributed by atoms with Gasteiger partial charge in [-0.2, -0.15) is 0 Å². The van der Waals surface area contributed by atoms with Gasteiger partial charge in [0.1, 0.15) is 13.1 Å². The standard InChI is InChI=1S/C23H24N4O2S/c28-21(11-13-24-22(29)18-9-5-2-6-10-18)26-23-25-19-12-14-27(16-20(19)30-23)15-17-7-3-1-4-8-17/h1-10H,11-16H2,(H,24,29)(H,25,26,28)/p+1. The number of hydrogen-bond acceptors (Lipinski definition) is 4. The Kier molecular flexibility index (Phi) is 6.51. The number of nitrogens with one attached hydrogen (secondary N) is 3. The zero-order valence-corrected chi connectivity index (χ0v) is 17.5. The highest BCUT2D eigenvalue weighted by atomic mass is 32.1. The second-order valence-electron chi connectivity index (χ2n) is 7.40. The minimum Gasteiger partial charge on any atom is -0.352 e. The summed E-state index contributed by atoms with van der Waals surface area (Å²) in [5.74, 6) is -0.308. The van der Waals surface area contributed by atoms with Crippen molar-refractivity contribution < 1.29 is 14.5 Å². The predicted octanol–water partition coefficient (Wildman–Crippen LogP) is 2.04. The first-order valence-corrected chi connectivity index (χ1v) is 11.0. The summed E-state index contributed by atoms with van der Waals surface area (Å²) in [5, 5.41) is 6.31. The van der Waals surface area contributed by atoms with Crippen molar-refractivity contribution in [1.29, 1.82) is 0 Å². The van der Waals surface area contributed by atoms with Crippen molar-refractivity contribution in [2.75, 3.05) is 18.4 Å². The third kappa shape index (κ3) is 5.31. The summed E-state index contributed by atoms with van der Waals surface area (Å²) in [6, 6.07) is 19.5. The smallest absolute Gasteiger partial charge is 0.251 e. The Bertz CT molecular complexity index is 1000. The molecule has 154 valence electrons. The molecule has 2 heterocycles. The fourth-order valence-electron chi connectivity index (χ4n) is 3.58. The minimum absolute atomic E-state index is 0.136. The Balaban J connectivity index is 1.25. The number of rotatable bonds is 7. The molecule has 2 aromatic carbocycles. The number of fused-ring (bicyclic) bond motifs is 1. The molecule has 4 rings (SSSR count). The second kappa shape index (κ2) is 9.65. The largest absolute Gasteiger partial charge is 0.352 e. The van der Waals surface area contributed by atoms with Crippen molar-refractivity contribution >= 4 is 28.3 Å². The zero-order valence-electron chi connectivity index (χ0n) is 16.7. The highest BCUT2D eigenvalue weighted by Crippen LogP contribution is 2.24. The average Bonchev–Trinajstić information content (AvgIpc) is 3.16. The molecule has 0 aliphatic carbocycles. The summed E-state index contributed by atoms with van der Waals surface area (Å²) in [4.78, 5) is 31.6. The molecule has 1 atom stereocenters. The molecule has 7 heteroatoms. The van der Waals surface area contributed by atoms with Gasteiger partial charge >= 0.3 is 0 Å². The highest BCUT2D eigenvalue weighted by Gasteiger charge is 2.24. The third-order valence-corrected chi connectivity index (χ3v) is 6.13. The van der Waals surface area contributed by atoms with Crippen molar-refractivity contribution in [1.82, 2.24) is 10.3 Å². The molecule has 0 fully saturated rings. The minimum atomic E-state index is -0.172. The molecule has 3 aromatic rings. The van der Waals surface area contributed by atoms with E-state index in [0.717, 1.165) is 31.7 Å². The van der Waals surface area contributed by atoms with Gasteiger partial charge in [0, 0.05) is 30.5 Å². The number of nitrogens with zero attached hydrogens (tertiary/aromatic N) is 1. The molecule has 1 aliphatic heterocycles. The number of anilines is 1. The van der Waals surface area contributed by atoms with Gasteiger partial charge in [0.25, 0.3) is 5.91 Å². The first kappa shape index (κ1) is 20.3. The Hall–Kier alpha value is -3.03. The van der Waals surface area contributed by atoms with Gasteiger partial charge in [0.05, 0.1) is 17.1 Å². The lowest BCUT2D eigenvalue weighted by molar-refractivity contribution is -0.929. The van der Waals surface area contributed by atoms with Crippen molar-refractivity contribution in [2.24, 2.45) is 0 Å². The van der Waals surface area contributed by atoms with E-state index in [4.69, 9.17) is 0 Å². The number of aromatic nitrogens is 1. The van der Waals surface area contributed by atoms with Gasteiger partial charge in [-0.15, -0.1) is 0 Å². The Morgan fingerprint density at radius 3 is 2.53 bits per heavy atom. The molecule has 0 spiro atoms. The van der Waals surface area contributed by atoms with Gasteiger partial charge in [-0.3, -0.25) is 9.59 Å². The van der Waals surface area contributed by atoms with E-state index in [1.165, 1.54) is 15.3 Å². The van der Waals surface area contributed by atoms with Crippen LogP contribution in [0.15, 0.2) is 60.7 Å². The quantitative estimate of drug-likeness (QED) is 0.547. The third-order valence-electron chi connectivity index (χ3n) is 5.12. The topological polar surface area (TPSA) is 75.5 Å². The molecular weight excluding hydrogens is 396 g/mol. The van der Waals surface area contributed by atoms with E-state index in [1.54, 1.807) is 23.5 Å². The van der Waals surface area contributed by atoms with Gasteiger partial charge in [0.2, 0.25) is 5.91 Å². The maximum atomic E-state index is 12.2. The number of amides is 2. The van der Waals surface area contributed by atoms with Crippen LogP contribution in [0, 0.1) is 0 Å². The molecule has 0 radical (unpaired) electrons. The van der Waals surface area contributed by atoms with Gasteiger partial charge < -0.3 is 15.5 Å². The summed E-state index contributed by atoms with van der Waals surface area (Å²) >= 11 is 1.56. The van der Waals surface area contributed by atoms with Gasteiger partial charge in [-0.25, -0.2) is 4.98 Å². The normalized spacial score (nSPS) is 15.3. The lowest BCUT2D eigenvalue weighted by Gasteiger charge is -2.22. The van der Waals surface area contributed by atoms with E-state index in [2.05, 4.69) is 39.9 Å². The van der Waals surface area contributed by atoms with Gasteiger partial charge in [0.15, 0.2) is 5.13 Å². The SMILES string of the molecule is O=C(CCNC(=O)c1ccccc1)Nc1nc2c(s1)C[NH+](Cc1ccccc1)CC2. The van der Waals surface area contributed by atoms with Crippen LogP contribution in [0.4, 0.5) is 5.13 Å². The van der Waals surface area contributed by atoms with Crippen molar-refractivity contribution in [3.05, 3.63) is 82.4 Å². The summed E-state index contributed by atoms with van der Waals surface area (Å²) in [6.45, 7) is 3.27. The van der Waals surface area contributed by atoms with Crippen LogP contribution < -0.4 is 15.5 Å². The Morgan fingerprint density at radius 2 is 1.77 bits per heavy atom. The van der Waals surface area contributed by atoms with E-state index < -0.39 is 0 Å². The Labute approximate surface area is 180 Å². The molecule has 1 unspecified atom stereocenters. The van der Waals surface area contributed by atoms with Crippen LogP contribution in [0.5, 0.6) is 0 Å². The maximum Gasteiger partial charge on any atom is 0.251 e. The molecule has 1 aliphatic rings. The molecule has 6 nitrogen and oxygen atoms in total. The average molecular weight is 422 g/mol. The van der Waals surface area contributed by atoms with Crippen LogP contribution in [-0.2, 0) is 24.3 Å².